The summed E-state index contributed by atoms with van der Waals surface area (Å²) in [5, 5.41) is 0.921. The highest BCUT2D eigenvalue weighted by molar-refractivity contribution is 7.98. The molecule has 5 heteroatoms. The Labute approximate surface area is 155 Å². The Morgan fingerprint density at radius 2 is 1.85 bits per heavy atom. The molecule has 0 bridgehead atoms. The van der Waals surface area contributed by atoms with Crippen molar-refractivity contribution in [2.24, 2.45) is 0 Å². The van der Waals surface area contributed by atoms with E-state index < -0.39 is 0 Å². The fourth-order valence-electron chi connectivity index (χ4n) is 2.91. The van der Waals surface area contributed by atoms with Gasteiger partial charge in [0.05, 0.1) is 6.54 Å². The molecule has 4 aromatic rings. The van der Waals surface area contributed by atoms with E-state index in [-0.39, 0.29) is 5.82 Å². The van der Waals surface area contributed by atoms with E-state index in [9.17, 15) is 4.39 Å². The number of halogens is 1. The molecule has 0 saturated heterocycles. The molecule has 3 nitrogen and oxygen atoms in total. The Hall–Kier alpha value is -2.66. The predicted octanol–water partition coefficient (Wildman–Crippen LogP) is 5.22. The molecular weight excluding hydrogens is 345 g/mol. The van der Waals surface area contributed by atoms with E-state index in [1.54, 1.807) is 18.0 Å². The first-order valence-electron chi connectivity index (χ1n) is 8.43. The Morgan fingerprint density at radius 1 is 1.00 bits per heavy atom. The van der Waals surface area contributed by atoms with Crippen LogP contribution in [0.25, 0.3) is 11.2 Å². The standard InChI is InChI=1S/C21H18FN3S/c1-15-4-2-5-17(12-15)13-25-20-19(6-3-11-23-20)24-21(25)26-14-16-7-9-18(22)10-8-16/h2-12H,13-14H2,1H3. The summed E-state index contributed by atoms with van der Waals surface area (Å²) in [6.07, 6.45) is 1.80. The highest BCUT2D eigenvalue weighted by Crippen LogP contribution is 2.27. The fraction of sp³-hybridized carbons (Fsp3) is 0.143. The lowest BCUT2D eigenvalue weighted by Crippen LogP contribution is -2.03. The number of rotatable bonds is 5. The molecule has 0 aliphatic rings. The van der Waals surface area contributed by atoms with Gasteiger partial charge in [0, 0.05) is 11.9 Å². The third-order valence-corrected chi connectivity index (χ3v) is 5.22. The van der Waals surface area contributed by atoms with Crippen LogP contribution in [-0.2, 0) is 12.3 Å². The lowest BCUT2D eigenvalue weighted by atomic mass is 10.1. The number of nitrogens with zero attached hydrogens (tertiary/aromatic N) is 3. The van der Waals surface area contributed by atoms with Gasteiger partial charge in [-0.1, -0.05) is 53.7 Å². The molecule has 0 N–H and O–H groups in total. The summed E-state index contributed by atoms with van der Waals surface area (Å²) in [5.74, 6) is 0.520. The summed E-state index contributed by atoms with van der Waals surface area (Å²) in [6, 6.07) is 19.0. The normalized spacial score (nSPS) is 11.2. The second-order valence-electron chi connectivity index (χ2n) is 6.23. The summed E-state index contributed by atoms with van der Waals surface area (Å²) < 4.78 is 15.2. The number of fused-ring (bicyclic) bond motifs is 1. The summed E-state index contributed by atoms with van der Waals surface area (Å²) in [4.78, 5) is 9.28. The van der Waals surface area contributed by atoms with Gasteiger partial charge in [-0.2, -0.15) is 0 Å². The van der Waals surface area contributed by atoms with Gasteiger partial charge in [-0.05, 0) is 42.3 Å². The van der Waals surface area contributed by atoms with Crippen LogP contribution >= 0.6 is 11.8 Å². The number of aryl methyl sites for hydroxylation is 1. The van der Waals surface area contributed by atoms with Gasteiger partial charge < -0.3 is 0 Å². The number of pyridine rings is 1. The van der Waals surface area contributed by atoms with Crippen molar-refractivity contribution in [2.45, 2.75) is 24.4 Å². The number of thioether (sulfide) groups is 1. The highest BCUT2D eigenvalue weighted by atomic mass is 32.2. The summed E-state index contributed by atoms with van der Waals surface area (Å²) >= 11 is 1.64. The van der Waals surface area contributed by atoms with Crippen molar-refractivity contribution in [1.82, 2.24) is 14.5 Å². The van der Waals surface area contributed by atoms with E-state index in [1.165, 1.54) is 23.3 Å². The topological polar surface area (TPSA) is 30.7 Å². The maximum absolute atomic E-state index is 13.1. The number of imidazole rings is 1. The molecule has 0 radical (unpaired) electrons. The molecule has 0 aliphatic heterocycles. The predicted molar refractivity (Wildman–Crippen MR) is 104 cm³/mol. The minimum absolute atomic E-state index is 0.213. The average Bonchev–Trinajstić information content (AvgIpc) is 2.99. The van der Waals surface area contributed by atoms with Crippen LogP contribution in [0.1, 0.15) is 16.7 Å². The van der Waals surface area contributed by atoms with Crippen molar-refractivity contribution in [1.29, 1.82) is 0 Å². The van der Waals surface area contributed by atoms with Gasteiger partial charge in [-0.15, -0.1) is 0 Å². The lowest BCUT2D eigenvalue weighted by molar-refractivity contribution is 0.627. The van der Waals surface area contributed by atoms with E-state index in [2.05, 4.69) is 40.7 Å². The average molecular weight is 363 g/mol. The number of benzene rings is 2. The van der Waals surface area contributed by atoms with Gasteiger partial charge in [0.25, 0.3) is 0 Å². The van der Waals surface area contributed by atoms with Gasteiger partial charge in [0.1, 0.15) is 11.3 Å². The molecule has 0 atom stereocenters. The zero-order valence-electron chi connectivity index (χ0n) is 14.4. The van der Waals surface area contributed by atoms with Crippen molar-refractivity contribution in [3.05, 3.63) is 89.4 Å². The first-order chi connectivity index (χ1) is 12.7. The third-order valence-electron chi connectivity index (χ3n) is 4.17. The van der Waals surface area contributed by atoms with E-state index >= 15 is 0 Å². The molecule has 0 amide bonds. The van der Waals surface area contributed by atoms with Crippen molar-refractivity contribution in [3.63, 3.8) is 0 Å². The third kappa shape index (κ3) is 3.63. The highest BCUT2D eigenvalue weighted by Gasteiger charge is 2.13. The van der Waals surface area contributed by atoms with E-state index in [0.717, 1.165) is 34.2 Å². The van der Waals surface area contributed by atoms with Crippen LogP contribution < -0.4 is 0 Å². The molecule has 0 fully saturated rings. The number of aromatic nitrogens is 3. The Balaban J connectivity index is 1.65. The Morgan fingerprint density at radius 3 is 2.65 bits per heavy atom. The van der Waals surface area contributed by atoms with Crippen LogP contribution in [0.5, 0.6) is 0 Å². The zero-order chi connectivity index (χ0) is 17.9. The Kier molecular flexibility index (Phi) is 4.71. The van der Waals surface area contributed by atoms with Crippen molar-refractivity contribution < 1.29 is 4.39 Å². The zero-order valence-corrected chi connectivity index (χ0v) is 15.2. The van der Waals surface area contributed by atoms with E-state index in [4.69, 9.17) is 4.98 Å². The first-order valence-corrected chi connectivity index (χ1v) is 9.42. The summed E-state index contributed by atoms with van der Waals surface area (Å²) in [6.45, 7) is 2.82. The smallest absolute Gasteiger partial charge is 0.170 e. The van der Waals surface area contributed by atoms with E-state index in [1.807, 2.05) is 24.3 Å². The molecule has 26 heavy (non-hydrogen) atoms. The minimum Gasteiger partial charge on any atom is -0.299 e. The molecule has 0 unspecified atom stereocenters. The van der Waals surface area contributed by atoms with Crippen molar-refractivity contribution in [3.8, 4) is 0 Å². The quantitative estimate of drug-likeness (QED) is 0.456. The molecule has 2 aromatic heterocycles. The maximum atomic E-state index is 13.1. The second kappa shape index (κ2) is 7.30. The SMILES string of the molecule is Cc1cccc(Cn2c(SCc3ccc(F)cc3)nc3cccnc32)c1. The van der Waals surface area contributed by atoms with Crippen LogP contribution in [-0.4, -0.2) is 14.5 Å². The molecular formula is C21H18FN3S. The molecule has 130 valence electrons. The van der Waals surface area contributed by atoms with Crippen LogP contribution in [0.3, 0.4) is 0 Å². The number of hydrogen-bond acceptors (Lipinski definition) is 3. The monoisotopic (exact) mass is 363 g/mol. The first kappa shape index (κ1) is 16.8. The van der Waals surface area contributed by atoms with Gasteiger partial charge in [0.15, 0.2) is 10.8 Å². The maximum Gasteiger partial charge on any atom is 0.170 e. The molecule has 2 aromatic carbocycles. The van der Waals surface area contributed by atoms with Crippen LogP contribution in [0.15, 0.2) is 72.0 Å². The minimum atomic E-state index is -0.213. The Bertz CT molecular complexity index is 1040. The second-order valence-corrected chi connectivity index (χ2v) is 7.17. The van der Waals surface area contributed by atoms with Gasteiger partial charge >= 0.3 is 0 Å². The van der Waals surface area contributed by atoms with Gasteiger partial charge in [-0.3, -0.25) is 4.57 Å². The van der Waals surface area contributed by atoms with E-state index in [0.29, 0.717) is 0 Å². The molecule has 0 saturated carbocycles. The van der Waals surface area contributed by atoms with Crippen LogP contribution in [0.4, 0.5) is 4.39 Å². The summed E-state index contributed by atoms with van der Waals surface area (Å²) in [5.41, 5.74) is 5.30. The van der Waals surface area contributed by atoms with Gasteiger partial charge in [0.2, 0.25) is 0 Å². The molecule has 2 heterocycles. The van der Waals surface area contributed by atoms with Crippen molar-refractivity contribution in [2.75, 3.05) is 0 Å². The fourth-order valence-corrected chi connectivity index (χ4v) is 3.87. The molecule has 0 aliphatic carbocycles. The molecule has 4 rings (SSSR count). The number of hydrogen-bond donors (Lipinski definition) is 0. The van der Waals surface area contributed by atoms with Crippen LogP contribution in [0.2, 0.25) is 0 Å². The lowest BCUT2D eigenvalue weighted by Gasteiger charge is -2.09. The van der Waals surface area contributed by atoms with Crippen molar-refractivity contribution >= 4 is 22.9 Å². The van der Waals surface area contributed by atoms with Gasteiger partial charge in [-0.25, -0.2) is 14.4 Å². The van der Waals surface area contributed by atoms with Crippen LogP contribution in [0, 0.1) is 12.7 Å². The molecule has 0 spiro atoms. The largest absolute Gasteiger partial charge is 0.299 e. The summed E-state index contributed by atoms with van der Waals surface area (Å²) in [7, 11) is 0.